The molecule has 5 nitrogen and oxygen atoms in total. The van der Waals surface area contributed by atoms with E-state index in [4.69, 9.17) is 10.8 Å². The molecule has 0 bridgehead atoms. The topological polar surface area (TPSA) is 88.2 Å². The lowest BCUT2D eigenvalue weighted by Gasteiger charge is -2.05. The number of aliphatic carboxylic acids is 1. The summed E-state index contributed by atoms with van der Waals surface area (Å²) >= 11 is 0. The number of nitrogens with two attached hydrogens (primary N) is 1. The molecule has 0 unspecified atom stereocenters. The minimum atomic E-state index is -0.943. The Bertz CT molecular complexity index is 325. The standard InChI is InChI=1S/C8H11N3O2/c1-5-2-6(9)8(10-3-5)11-4-7(12)13/h2-3H,4,9H2,1H3,(H,10,11)(H,12,13). The predicted octanol–water partition coefficient (Wildman–Crippen LogP) is 0.469. The third kappa shape index (κ3) is 2.62. The molecule has 0 fully saturated rings. The third-order valence-electron chi connectivity index (χ3n) is 1.46. The first-order chi connectivity index (χ1) is 6.09. The van der Waals surface area contributed by atoms with Crippen molar-refractivity contribution in [2.45, 2.75) is 6.92 Å². The summed E-state index contributed by atoms with van der Waals surface area (Å²) in [6.07, 6.45) is 1.63. The number of nitrogen functional groups attached to an aromatic ring is 1. The fourth-order valence-electron chi connectivity index (χ4n) is 0.899. The summed E-state index contributed by atoms with van der Waals surface area (Å²) in [5, 5.41) is 11.0. The molecule has 0 amide bonds. The highest BCUT2D eigenvalue weighted by molar-refractivity contribution is 5.74. The summed E-state index contributed by atoms with van der Waals surface area (Å²) in [6.45, 7) is 1.69. The fraction of sp³-hybridized carbons (Fsp3) is 0.250. The predicted molar refractivity (Wildman–Crippen MR) is 49.5 cm³/mol. The normalized spacial score (nSPS) is 9.62. The van der Waals surface area contributed by atoms with E-state index in [1.165, 1.54) is 0 Å². The number of nitrogens with one attached hydrogen (secondary N) is 1. The lowest BCUT2D eigenvalue weighted by Crippen LogP contribution is -2.14. The largest absolute Gasteiger partial charge is 0.480 e. The maximum atomic E-state index is 10.2. The highest BCUT2D eigenvalue weighted by Crippen LogP contribution is 2.14. The zero-order valence-corrected chi connectivity index (χ0v) is 7.24. The molecule has 70 valence electrons. The first-order valence-corrected chi connectivity index (χ1v) is 3.77. The van der Waals surface area contributed by atoms with Crippen LogP contribution in [0.3, 0.4) is 0 Å². The van der Waals surface area contributed by atoms with Gasteiger partial charge in [-0.15, -0.1) is 0 Å². The number of carboxylic acids is 1. The Hall–Kier alpha value is -1.78. The zero-order valence-electron chi connectivity index (χ0n) is 7.24. The first kappa shape index (κ1) is 9.31. The average molecular weight is 181 g/mol. The molecule has 0 saturated heterocycles. The van der Waals surface area contributed by atoms with E-state index >= 15 is 0 Å². The molecule has 0 atom stereocenters. The Balaban J connectivity index is 2.72. The van der Waals surface area contributed by atoms with Gasteiger partial charge in [0.15, 0.2) is 0 Å². The van der Waals surface area contributed by atoms with Crippen LogP contribution in [0.5, 0.6) is 0 Å². The molecule has 1 aromatic heterocycles. The van der Waals surface area contributed by atoms with Crippen molar-refractivity contribution in [3.8, 4) is 0 Å². The number of pyridine rings is 1. The highest BCUT2D eigenvalue weighted by atomic mass is 16.4. The number of carbonyl (C=O) groups is 1. The summed E-state index contributed by atoms with van der Waals surface area (Å²) in [6, 6.07) is 1.73. The van der Waals surface area contributed by atoms with Crippen LogP contribution in [0.4, 0.5) is 11.5 Å². The van der Waals surface area contributed by atoms with Crippen LogP contribution >= 0.6 is 0 Å². The summed E-state index contributed by atoms with van der Waals surface area (Å²) in [4.78, 5) is 14.2. The Morgan fingerprint density at radius 3 is 3.00 bits per heavy atom. The molecule has 13 heavy (non-hydrogen) atoms. The van der Waals surface area contributed by atoms with Gasteiger partial charge in [0.1, 0.15) is 12.4 Å². The summed E-state index contributed by atoms with van der Waals surface area (Å²) in [7, 11) is 0. The van der Waals surface area contributed by atoms with Crippen molar-refractivity contribution >= 4 is 17.5 Å². The van der Waals surface area contributed by atoms with Gasteiger partial charge in [-0.2, -0.15) is 0 Å². The van der Waals surface area contributed by atoms with E-state index in [1.54, 1.807) is 12.3 Å². The minimum Gasteiger partial charge on any atom is -0.480 e. The summed E-state index contributed by atoms with van der Waals surface area (Å²) in [5.41, 5.74) is 6.99. The second-order valence-electron chi connectivity index (χ2n) is 2.70. The lowest BCUT2D eigenvalue weighted by molar-refractivity contribution is -0.134. The van der Waals surface area contributed by atoms with Crippen LogP contribution in [0.1, 0.15) is 5.56 Å². The van der Waals surface area contributed by atoms with E-state index in [-0.39, 0.29) is 6.54 Å². The molecule has 1 rings (SSSR count). The lowest BCUT2D eigenvalue weighted by atomic mass is 10.3. The molecule has 0 aliphatic heterocycles. The summed E-state index contributed by atoms with van der Waals surface area (Å²) < 4.78 is 0. The Kier molecular flexibility index (Phi) is 2.69. The van der Waals surface area contributed by atoms with Crippen LogP contribution in [0.2, 0.25) is 0 Å². The van der Waals surface area contributed by atoms with Crippen molar-refractivity contribution in [1.82, 2.24) is 4.98 Å². The first-order valence-electron chi connectivity index (χ1n) is 3.77. The SMILES string of the molecule is Cc1cnc(NCC(=O)O)c(N)c1. The number of anilines is 2. The monoisotopic (exact) mass is 181 g/mol. The second-order valence-corrected chi connectivity index (χ2v) is 2.70. The van der Waals surface area contributed by atoms with Crippen LogP contribution < -0.4 is 11.1 Å². The molecule has 0 spiro atoms. The Labute approximate surface area is 75.6 Å². The van der Waals surface area contributed by atoms with Crippen molar-refractivity contribution in [1.29, 1.82) is 0 Å². The van der Waals surface area contributed by atoms with E-state index in [0.717, 1.165) is 5.56 Å². The molecule has 1 heterocycles. The number of rotatable bonds is 3. The van der Waals surface area contributed by atoms with E-state index in [0.29, 0.717) is 11.5 Å². The van der Waals surface area contributed by atoms with Crippen molar-refractivity contribution in [3.63, 3.8) is 0 Å². The average Bonchev–Trinajstić information content (AvgIpc) is 2.02. The van der Waals surface area contributed by atoms with Crippen LogP contribution in [0.15, 0.2) is 12.3 Å². The van der Waals surface area contributed by atoms with Crippen LogP contribution in [-0.4, -0.2) is 22.6 Å². The van der Waals surface area contributed by atoms with Gasteiger partial charge < -0.3 is 16.2 Å². The minimum absolute atomic E-state index is 0.180. The molecule has 0 aliphatic carbocycles. The van der Waals surface area contributed by atoms with Gasteiger partial charge in [-0.1, -0.05) is 0 Å². The molecule has 0 saturated carbocycles. The zero-order chi connectivity index (χ0) is 9.84. The molecule has 0 aromatic carbocycles. The number of carboxylic acid groups (broad SMARTS) is 1. The number of hydrogen-bond acceptors (Lipinski definition) is 4. The van der Waals surface area contributed by atoms with Gasteiger partial charge in [0.05, 0.1) is 5.69 Å². The van der Waals surface area contributed by atoms with Crippen molar-refractivity contribution < 1.29 is 9.90 Å². The van der Waals surface area contributed by atoms with Crippen molar-refractivity contribution in [2.75, 3.05) is 17.6 Å². The molecule has 5 heteroatoms. The van der Waals surface area contributed by atoms with E-state index in [9.17, 15) is 4.79 Å². The van der Waals surface area contributed by atoms with Gasteiger partial charge in [-0.3, -0.25) is 4.79 Å². The van der Waals surface area contributed by atoms with Gasteiger partial charge in [0.25, 0.3) is 0 Å². The maximum Gasteiger partial charge on any atom is 0.322 e. The van der Waals surface area contributed by atoms with E-state index in [2.05, 4.69) is 10.3 Å². The van der Waals surface area contributed by atoms with Crippen LogP contribution in [0, 0.1) is 6.92 Å². The van der Waals surface area contributed by atoms with Gasteiger partial charge in [0, 0.05) is 6.20 Å². The molecular weight excluding hydrogens is 170 g/mol. The third-order valence-corrected chi connectivity index (χ3v) is 1.46. The van der Waals surface area contributed by atoms with Crippen molar-refractivity contribution in [3.05, 3.63) is 17.8 Å². The quantitative estimate of drug-likeness (QED) is 0.630. The van der Waals surface area contributed by atoms with Gasteiger partial charge in [0.2, 0.25) is 0 Å². The molecule has 1 aromatic rings. The van der Waals surface area contributed by atoms with Crippen molar-refractivity contribution in [2.24, 2.45) is 0 Å². The Morgan fingerprint density at radius 2 is 2.46 bits per heavy atom. The number of nitrogens with zero attached hydrogens (tertiary/aromatic N) is 1. The maximum absolute atomic E-state index is 10.2. The number of aromatic nitrogens is 1. The van der Waals surface area contributed by atoms with Crippen LogP contribution in [0.25, 0.3) is 0 Å². The smallest absolute Gasteiger partial charge is 0.322 e. The molecular formula is C8H11N3O2. The van der Waals surface area contributed by atoms with Crippen LogP contribution in [-0.2, 0) is 4.79 Å². The molecule has 0 radical (unpaired) electrons. The second kappa shape index (κ2) is 3.75. The number of hydrogen-bond donors (Lipinski definition) is 3. The highest BCUT2D eigenvalue weighted by Gasteiger charge is 2.01. The van der Waals surface area contributed by atoms with E-state index in [1.807, 2.05) is 6.92 Å². The summed E-state index contributed by atoms with van der Waals surface area (Å²) in [5.74, 6) is -0.533. The van der Waals surface area contributed by atoms with Gasteiger partial charge in [-0.05, 0) is 18.6 Å². The van der Waals surface area contributed by atoms with E-state index < -0.39 is 5.97 Å². The number of aryl methyl sites for hydroxylation is 1. The Morgan fingerprint density at radius 1 is 1.77 bits per heavy atom. The van der Waals surface area contributed by atoms with Gasteiger partial charge >= 0.3 is 5.97 Å². The fourth-order valence-corrected chi connectivity index (χ4v) is 0.899. The molecule has 0 aliphatic rings. The van der Waals surface area contributed by atoms with Gasteiger partial charge in [-0.25, -0.2) is 4.98 Å². The molecule has 4 N–H and O–H groups in total.